The number of nitrogens with zero attached hydrogens (tertiary/aromatic N) is 1. The van der Waals surface area contributed by atoms with E-state index in [0.717, 1.165) is 37.2 Å². The van der Waals surface area contributed by atoms with Gasteiger partial charge in [0.15, 0.2) is 0 Å². The van der Waals surface area contributed by atoms with E-state index >= 15 is 0 Å². The standard InChI is InChI=1S/C39H23NO2S/c41-38-29-16-5-6-21-35(29)42-36-23-37-30(22-31(36)38)28-17-9-20-34(39(28)43-37)40(32-18-7-12-24-10-1-3-14-26(24)32)33-19-8-13-25-11-2-4-15-27(25)33/h1-23H. The summed E-state index contributed by atoms with van der Waals surface area (Å²) in [6.45, 7) is 0. The molecular weight excluding hydrogens is 547 g/mol. The summed E-state index contributed by atoms with van der Waals surface area (Å²) < 4.78 is 8.49. The molecule has 202 valence electrons. The molecule has 0 radical (unpaired) electrons. The van der Waals surface area contributed by atoms with Crippen molar-refractivity contribution in [1.29, 1.82) is 0 Å². The van der Waals surface area contributed by atoms with E-state index in [1.54, 1.807) is 11.3 Å². The van der Waals surface area contributed by atoms with Gasteiger partial charge in [-0.15, -0.1) is 11.3 Å². The van der Waals surface area contributed by atoms with Crippen LogP contribution in [0.2, 0.25) is 0 Å². The van der Waals surface area contributed by atoms with Gasteiger partial charge in [0.2, 0.25) is 5.43 Å². The fraction of sp³-hybridized carbons (Fsp3) is 0. The summed E-state index contributed by atoms with van der Waals surface area (Å²) in [7, 11) is 0. The second-order valence-corrected chi connectivity index (χ2v) is 11.9. The smallest absolute Gasteiger partial charge is 0.200 e. The van der Waals surface area contributed by atoms with Crippen LogP contribution in [-0.4, -0.2) is 0 Å². The van der Waals surface area contributed by atoms with Gasteiger partial charge >= 0.3 is 0 Å². The van der Waals surface area contributed by atoms with Crippen LogP contribution in [0.5, 0.6) is 0 Å². The maximum absolute atomic E-state index is 13.5. The molecule has 0 aliphatic heterocycles. The Balaban J connectivity index is 1.39. The van der Waals surface area contributed by atoms with Gasteiger partial charge in [-0.2, -0.15) is 0 Å². The molecule has 0 atom stereocenters. The van der Waals surface area contributed by atoms with E-state index in [1.807, 2.05) is 36.4 Å². The number of thiophene rings is 1. The molecule has 0 aliphatic carbocycles. The summed E-state index contributed by atoms with van der Waals surface area (Å²) in [6.07, 6.45) is 0. The third kappa shape index (κ3) is 3.64. The Labute approximate surface area is 250 Å². The first-order chi connectivity index (χ1) is 21.2. The monoisotopic (exact) mass is 569 g/mol. The molecule has 43 heavy (non-hydrogen) atoms. The lowest BCUT2D eigenvalue weighted by atomic mass is 10.0. The second kappa shape index (κ2) is 9.28. The summed E-state index contributed by atoms with van der Waals surface area (Å²) in [5.74, 6) is 0. The summed E-state index contributed by atoms with van der Waals surface area (Å²) in [4.78, 5) is 15.9. The molecule has 2 aromatic heterocycles. The first-order valence-electron chi connectivity index (χ1n) is 14.3. The average molecular weight is 570 g/mol. The zero-order chi connectivity index (χ0) is 28.5. The van der Waals surface area contributed by atoms with Gasteiger partial charge in [0.25, 0.3) is 0 Å². The van der Waals surface area contributed by atoms with Crippen molar-refractivity contribution in [2.24, 2.45) is 0 Å². The molecule has 0 unspecified atom stereocenters. The molecule has 4 heteroatoms. The number of benzene rings is 7. The molecule has 0 saturated heterocycles. The van der Waals surface area contributed by atoms with Crippen molar-refractivity contribution in [1.82, 2.24) is 0 Å². The van der Waals surface area contributed by atoms with Gasteiger partial charge in [-0.3, -0.25) is 4.79 Å². The molecule has 0 bridgehead atoms. The minimum absolute atomic E-state index is 0.00221. The van der Waals surface area contributed by atoms with Gasteiger partial charge in [0.05, 0.1) is 32.5 Å². The highest BCUT2D eigenvalue weighted by Crippen LogP contribution is 2.48. The quantitative estimate of drug-likeness (QED) is 0.198. The number of fused-ring (bicyclic) bond motifs is 7. The highest BCUT2D eigenvalue weighted by atomic mass is 32.1. The SMILES string of the molecule is O=c1c2ccccc2oc2cc3sc4c(N(c5cccc6ccccc56)c5cccc6ccccc56)cccc4c3cc12. The Morgan fingerprint density at radius 2 is 1.02 bits per heavy atom. The largest absolute Gasteiger partial charge is 0.456 e. The van der Waals surface area contributed by atoms with Gasteiger partial charge in [0.1, 0.15) is 11.2 Å². The van der Waals surface area contributed by atoms with Crippen molar-refractivity contribution >= 4 is 92.1 Å². The molecule has 3 nitrogen and oxygen atoms in total. The molecule has 0 N–H and O–H groups in total. The van der Waals surface area contributed by atoms with Crippen LogP contribution in [0.3, 0.4) is 0 Å². The molecule has 9 rings (SSSR count). The van der Waals surface area contributed by atoms with E-state index in [0.29, 0.717) is 21.9 Å². The lowest BCUT2D eigenvalue weighted by Gasteiger charge is -2.28. The molecule has 2 heterocycles. The molecule has 0 aliphatic rings. The van der Waals surface area contributed by atoms with Gasteiger partial charge in [-0.25, -0.2) is 0 Å². The number of rotatable bonds is 3. The van der Waals surface area contributed by atoms with Gasteiger partial charge in [-0.05, 0) is 53.2 Å². The van der Waals surface area contributed by atoms with Gasteiger partial charge in [-0.1, -0.05) is 97.1 Å². The predicted molar refractivity (Wildman–Crippen MR) is 183 cm³/mol. The Hall–Kier alpha value is -5.45. The molecule has 0 spiro atoms. The summed E-state index contributed by atoms with van der Waals surface area (Å²) in [6, 6.07) is 48.1. The van der Waals surface area contributed by atoms with Crippen LogP contribution in [0.15, 0.2) is 149 Å². The third-order valence-corrected chi connectivity index (χ3v) is 9.62. The van der Waals surface area contributed by atoms with Crippen molar-refractivity contribution in [2.45, 2.75) is 0 Å². The molecule has 0 amide bonds. The lowest BCUT2D eigenvalue weighted by Crippen LogP contribution is -2.11. The van der Waals surface area contributed by atoms with E-state index in [2.05, 4.69) is 108 Å². The average Bonchev–Trinajstić information content (AvgIpc) is 3.42. The number of para-hydroxylation sites is 1. The second-order valence-electron chi connectivity index (χ2n) is 10.9. The summed E-state index contributed by atoms with van der Waals surface area (Å²) in [5, 5.41) is 8.15. The van der Waals surface area contributed by atoms with Crippen LogP contribution in [0.1, 0.15) is 0 Å². The Kier molecular flexibility index (Phi) is 5.22. The van der Waals surface area contributed by atoms with Crippen molar-refractivity contribution in [3.8, 4) is 0 Å². The highest BCUT2D eigenvalue weighted by molar-refractivity contribution is 7.26. The molecule has 0 fully saturated rings. The molecule has 9 aromatic rings. The van der Waals surface area contributed by atoms with Crippen LogP contribution in [0, 0.1) is 0 Å². The fourth-order valence-corrected chi connectivity index (χ4v) is 7.67. The maximum Gasteiger partial charge on any atom is 0.200 e. The zero-order valence-corrected chi connectivity index (χ0v) is 23.8. The molecular formula is C39H23NO2S. The van der Waals surface area contributed by atoms with Crippen molar-refractivity contribution in [3.63, 3.8) is 0 Å². The van der Waals surface area contributed by atoms with Crippen molar-refractivity contribution < 1.29 is 4.42 Å². The van der Waals surface area contributed by atoms with E-state index in [4.69, 9.17) is 4.42 Å². The first kappa shape index (κ1) is 24.2. The van der Waals surface area contributed by atoms with Gasteiger partial charge in [0, 0.05) is 26.2 Å². The Morgan fingerprint density at radius 1 is 0.465 bits per heavy atom. The molecule has 7 aromatic carbocycles. The van der Waals surface area contributed by atoms with Crippen molar-refractivity contribution in [2.75, 3.05) is 4.90 Å². The summed E-state index contributed by atoms with van der Waals surface area (Å²) in [5.41, 5.74) is 4.56. The lowest BCUT2D eigenvalue weighted by molar-refractivity contribution is 0.660. The number of anilines is 3. The Bertz CT molecular complexity index is 2520. The minimum Gasteiger partial charge on any atom is -0.456 e. The zero-order valence-electron chi connectivity index (χ0n) is 23.0. The summed E-state index contributed by atoms with van der Waals surface area (Å²) >= 11 is 1.74. The first-order valence-corrected chi connectivity index (χ1v) is 15.1. The maximum atomic E-state index is 13.5. The highest BCUT2D eigenvalue weighted by Gasteiger charge is 2.22. The van der Waals surface area contributed by atoms with Gasteiger partial charge < -0.3 is 9.32 Å². The number of hydrogen-bond acceptors (Lipinski definition) is 4. The third-order valence-electron chi connectivity index (χ3n) is 8.43. The van der Waals surface area contributed by atoms with E-state index < -0.39 is 0 Å². The topological polar surface area (TPSA) is 33.5 Å². The normalized spacial score (nSPS) is 11.8. The van der Waals surface area contributed by atoms with E-state index in [9.17, 15) is 4.79 Å². The van der Waals surface area contributed by atoms with Crippen LogP contribution >= 0.6 is 11.3 Å². The fourth-order valence-electron chi connectivity index (χ4n) is 6.45. The Morgan fingerprint density at radius 3 is 1.74 bits per heavy atom. The predicted octanol–water partition coefficient (Wildman–Crippen LogP) is 11.1. The van der Waals surface area contributed by atoms with Crippen LogP contribution in [-0.2, 0) is 0 Å². The van der Waals surface area contributed by atoms with Crippen LogP contribution in [0.4, 0.5) is 17.1 Å². The minimum atomic E-state index is 0.00221. The molecule has 0 saturated carbocycles. The van der Waals surface area contributed by atoms with Crippen molar-refractivity contribution in [3.05, 3.63) is 150 Å². The van der Waals surface area contributed by atoms with E-state index in [-0.39, 0.29) is 5.43 Å². The van der Waals surface area contributed by atoms with Crippen LogP contribution in [0.25, 0.3) is 63.7 Å². The number of hydrogen-bond donors (Lipinski definition) is 0. The van der Waals surface area contributed by atoms with Crippen LogP contribution < -0.4 is 10.3 Å². The van der Waals surface area contributed by atoms with E-state index in [1.165, 1.54) is 21.5 Å².